The summed E-state index contributed by atoms with van der Waals surface area (Å²) in [5.74, 6) is 1.14. The summed E-state index contributed by atoms with van der Waals surface area (Å²) in [5.41, 5.74) is 0.584. The Kier molecular flexibility index (Phi) is 4.41. The van der Waals surface area contributed by atoms with Crippen LogP contribution >= 0.6 is 15.9 Å². The summed E-state index contributed by atoms with van der Waals surface area (Å²) in [6.07, 6.45) is -0.555. The maximum atomic E-state index is 11.7. The van der Waals surface area contributed by atoms with Gasteiger partial charge in [-0.2, -0.15) is 0 Å². The molecule has 2 rings (SSSR count). The van der Waals surface area contributed by atoms with Gasteiger partial charge in [-0.3, -0.25) is 5.32 Å². The van der Waals surface area contributed by atoms with Crippen LogP contribution in [0.25, 0.3) is 0 Å². The largest absolute Gasteiger partial charge is 0.497 e. The van der Waals surface area contributed by atoms with Crippen LogP contribution < -0.4 is 14.8 Å². The first-order valence-electron chi connectivity index (χ1n) is 5.56. The Hall–Kier alpha value is -2.01. The second kappa shape index (κ2) is 6.24. The topological polar surface area (TPSA) is 47.6 Å². The average molecular weight is 322 g/mol. The Bertz CT molecular complexity index is 572. The van der Waals surface area contributed by atoms with Crippen molar-refractivity contribution < 1.29 is 14.3 Å². The molecule has 0 bridgehead atoms. The second-order valence-corrected chi connectivity index (χ2v) is 4.53. The van der Waals surface area contributed by atoms with Crippen molar-refractivity contribution in [3.05, 3.63) is 53.0 Å². The maximum Gasteiger partial charge on any atom is 0.417 e. The van der Waals surface area contributed by atoms with Gasteiger partial charge in [0.25, 0.3) is 0 Å². The quantitative estimate of drug-likeness (QED) is 0.927. The van der Waals surface area contributed by atoms with E-state index in [1.807, 2.05) is 6.07 Å². The third-order valence-electron chi connectivity index (χ3n) is 2.36. The van der Waals surface area contributed by atoms with Gasteiger partial charge in [0, 0.05) is 10.5 Å². The summed E-state index contributed by atoms with van der Waals surface area (Å²) in [5, 5.41) is 2.65. The minimum atomic E-state index is -0.555. The Morgan fingerprint density at radius 1 is 1.11 bits per heavy atom. The molecule has 19 heavy (non-hydrogen) atoms. The summed E-state index contributed by atoms with van der Waals surface area (Å²) in [7, 11) is 1.56. The fraction of sp³-hybridized carbons (Fsp3) is 0.0714. The standard InChI is InChI=1S/C14H12BrNO3/c1-18-11-7-8-12(15)13(9-11)16-14(17)19-10-5-3-2-4-6-10/h2-9H,1H3,(H,16,17). The average Bonchev–Trinajstić information content (AvgIpc) is 2.42. The zero-order valence-corrected chi connectivity index (χ0v) is 11.8. The smallest absolute Gasteiger partial charge is 0.417 e. The SMILES string of the molecule is COc1ccc(Br)c(NC(=O)Oc2ccccc2)c1. The second-order valence-electron chi connectivity index (χ2n) is 3.67. The molecule has 2 aromatic carbocycles. The fourth-order valence-corrected chi connectivity index (χ4v) is 1.80. The number of benzene rings is 2. The Morgan fingerprint density at radius 3 is 2.53 bits per heavy atom. The lowest BCUT2D eigenvalue weighted by molar-refractivity contribution is 0.215. The number of rotatable bonds is 3. The molecule has 0 spiro atoms. The van der Waals surface area contributed by atoms with E-state index in [9.17, 15) is 4.79 Å². The Morgan fingerprint density at radius 2 is 1.84 bits per heavy atom. The zero-order valence-electron chi connectivity index (χ0n) is 10.2. The van der Waals surface area contributed by atoms with Crippen molar-refractivity contribution in [3.63, 3.8) is 0 Å². The summed E-state index contributed by atoms with van der Waals surface area (Å²) < 4.78 is 11.0. The van der Waals surface area contributed by atoms with Crippen molar-refractivity contribution in [1.82, 2.24) is 0 Å². The first kappa shape index (κ1) is 13.4. The summed E-state index contributed by atoms with van der Waals surface area (Å²) in [6.45, 7) is 0. The number of ether oxygens (including phenoxy) is 2. The van der Waals surface area contributed by atoms with Crippen molar-refractivity contribution in [2.45, 2.75) is 0 Å². The van der Waals surface area contributed by atoms with Crippen LogP contribution in [0.3, 0.4) is 0 Å². The lowest BCUT2D eigenvalue weighted by atomic mass is 10.3. The third kappa shape index (κ3) is 3.72. The van der Waals surface area contributed by atoms with Crippen LogP contribution in [-0.2, 0) is 0 Å². The molecule has 1 N–H and O–H groups in total. The van der Waals surface area contributed by atoms with Gasteiger partial charge in [-0.05, 0) is 40.2 Å². The number of para-hydroxylation sites is 1. The third-order valence-corrected chi connectivity index (χ3v) is 3.06. The van der Waals surface area contributed by atoms with E-state index >= 15 is 0 Å². The maximum absolute atomic E-state index is 11.7. The number of carbonyl (C=O) groups excluding carboxylic acids is 1. The van der Waals surface area contributed by atoms with Gasteiger partial charge in [-0.1, -0.05) is 18.2 Å². The molecular formula is C14H12BrNO3. The molecule has 0 heterocycles. The summed E-state index contributed by atoms with van der Waals surface area (Å²) in [4.78, 5) is 11.7. The Labute approximate surface area is 119 Å². The number of anilines is 1. The van der Waals surface area contributed by atoms with Crippen LogP contribution in [-0.4, -0.2) is 13.2 Å². The molecule has 0 fully saturated rings. The predicted octanol–water partition coefficient (Wildman–Crippen LogP) is 4.07. The lowest BCUT2D eigenvalue weighted by Crippen LogP contribution is -2.17. The van der Waals surface area contributed by atoms with E-state index in [0.29, 0.717) is 17.2 Å². The molecule has 0 saturated heterocycles. The van der Waals surface area contributed by atoms with Crippen molar-refractivity contribution in [2.75, 3.05) is 12.4 Å². The van der Waals surface area contributed by atoms with E-state index in [4.69, 9.17) is 9.47 Å². The number of halogens is 1. The molecule has 0 aliphatic heterocycles. The van der Waals surface area contributed by atoms with Gasteiger partial charge in [0.2, 0.25) is 0 Å². The van der Waals surface area contributed by atoms with E-state index in [1.54, 1.807) is 49.6 Å². The Balaban J connectivity index is 2.06. The van der Waals surface area contributed by atoms with E-state index in [1.165, 1.54) is 0 Å². The molecule has 4 nitrogen and oxygen atoms in total. The highest BCUT2D eigenvalue weighted by molar-refractivity contribution is 9.10. The molecule has 0 saturated carbocycles. The van der Waals surface area contributed by atoms with Gasteiger partial charge < -0.3 is 9.47 Å². The van der Waals surface area contributed by atoms with Gasteiger partial charge in [-0.15, -0.1) is 0 Å². The van der Waals surface area contributed by atoms with Gasteiger partial charge in [0.15, 0.2) is 0 Å². The zero-order chi connectivity index (χ0) is 13.7. The minimum absolute atomic E-state index is 0.485. The van der Waals surface area contributed by atoms with Gasteiger partial charge >= 0.3 is 6.09 Å². The highest BCUT2D eigenvalue weighted by Crippen LogP contribution is 2.27. The number of hydrogen-bond donors (Lipinski definition) is 1. The molecule has 1 amide bonds. The van der Waals surface area contributed by atoms with Gasteiger partial charge in [0.05, 0.1) is 12.8 Å². The molecule has 98 valence electrons. The number of amides is 1. The van der Waals surface area contributed by atoms with Gasteiger partial charge in [-0.25, -0.2) is 4.79 Å². The predicted molar refractivity (Wildman–Crippen MR) is 76.8 cm³/mol. The van der Waals surface area contributed by atoms with Crippen molar-refractivity contribution in [1.29, 1.82) is 0 Å². The van der Waals surface area contributed by atoms with Crippen LogP contribution in [0.4, 0.5) is 10.5 Å². The molecule has 0 unspecified atom stereocenters. The van der Waals surface area contributed by atoms with Crippen LogP contribution in [0.1, 0.15) is 0 Å². The molecular weight excluding hydrogens is 310 g/mol. The minimum Gasteiger partial charge on any atom is -0.497 e. The first-order chi connectivity index (χ1) is 9.19. The summed E-state index contributed by atoms with van der Waals surface area (Å²) >= 11 is 3.35. The number of carbonyl (C=O) groups is 1. The van der Waals surface area contributed by atoms with Crippen molar-refractivity contribution >= 4 is 27.7 Å². The number of hydrogen-bond acceptors (Lipinski definition) is 3. The summed E-state index contributed by atoms with van der Waals surface area (Å²) in [6, 6.07) is 14.1. The normalized spacial score (nSPS) is 9.79. The molecule has 0 radical (unpaired) electrons. The lowest BCUT2D eigenvalue weighted by Gasteiger charge is -2.09. The highest BCUT2D eigenvalue weighted by atomic mass is 79.9. The fourth-order valence-electron chi connectivity index (χ4n) is 1.46. The van der Waals surface area contributed by atoms with Crippen LogP contribution in [0.2, 0.25) is 0 Å². The van der Waals surface area contributed by atoms with E-state index in [2.05, 4.69) is 21.2 Å². The molecule has 0 aliphatic rings. The van der Waals surface area contributed by atoms with Crippen LogP contribution in [0, 0.1) is 0 Å². The van der Waals surface area contributed by atoms with Crippen molar-refractivity contribution in [2.24, 2.45) is 0 Å². The van der Waals surface area contributed by atoms with E-state index in [0.717, 1.165) is 4.47 Å². The molecule has 0 aliphatic carbocycles. The molecule has 2 aromatic rings. The van der Waals surface area contributed by atoms with Gasteiger partial charge in [0.1, 0.15) is 11.5 Å². The number of nitrogens with one attached hydrogen (secondary N) is 1. The molecule has 0 aromatic heterocycles. The number of methoxy groups -OCH3 is 1. The van der Waals surface area contributed by atoms with E-state index < -0.39 is 6.09 Å². The molecule has 5 heteroatoms. The first-order valence-corrected chi connectivity index (χ1v) is 6.36. The van der Waals surface area contributed by atoms with E-state index in [-0.39, 0.29) is 0 Å². The van der Waals surface area contributed by atoms with Crippen LogP contribution in [0.15, 0.2) is 53.0 Å². The monoisotopic (exact) mass is 321 g/mol. The highest BCUT2D eigenvalue weighted by Gasteiger charge is 2.08. The van der Waals surface area contributed by atoms with Crippen molar-refractivity contribution in [3.8, 4) is 11.5 Å². The van der Waals surface area contributed by atoms with Crippen LogP contribution in [0.5, 0.6) is 11.5 Å². The molecule has 0 atom stereocenters.